The summed E-state index contributed by atoms with van der Waals surface area (Å²) in [5, 5.41) is 10.1. The van der Waals surface area contributed by atoms with Crippen molar-refractivity contribution in [2.24, 2.45) is 0 Å². The Bertz CT molecular complexity index is 1070. The van der Waals surface area contributed by atoms with E-state index in [1.807, 2.05) is 0 Å². The molecule has 0 radical (unpaired) electrons. The third-order valence-corrected chi connectivity index (χ3v) is 5.35. The number of carboxylic acids is 1. The normalized spacial score (nSPS) is 15.9. The minimum absolute atomic E-state index is 0.0918. The molecular formula is C18H13Cl2N5O3. The predicted octanol–water partition coefficient (Wildman–Crippen LogP) is 2.79. The number of carboxylic acid groups (broad SMARTS) is 1. The summed E-state index contributed by atoms with van der Waals surface area (Å²) < 4.78 is 1.69. The van der Waals surface area contributed by atoms with Gasteiger partial charge in [0.05, 0.1) is 33.2 Å². The van der Waals surface area contributed by atoms with E-state index in [-0.39, 0.29) is 27.8 Å². The summed E-state index contributed by atoms with van der Waals surface area (Å²) in [7, 11) is 0. The second kappa shape index (κ2) is 7.21. The number of fused-ring (bicyclic) bond motifs is 1. The summed E-state index contributed by atoms with van der Waals surface area (Å²) >= 11 is 12.2. The van der Waals surface area contributed by atoms with Gasteiger partial charge in [-0.3, -0.25) is 14.3 Å². The first kappa shape index (κ1) is 18.4. The number of carbonyl (C=O) groups is 2. The van der Waals surface area contributed by atoms with Crippen molar-refractivity contribution < 1.29 is 14.7 Å². The fourth-order valence-corrected chi connectivity index (χ4v) is 3.65. The van der Waals surface area contributed by atoms with Crippen LogP contribution in [-0.4, -0.2) is 47.9 Å². The van der Waals surface area contributed by atoms with Crippen molar-refractivity contribution >= 4 is 35.1 Å². The first-order valence-electron chi connectivity index (χ1n) is 8.29. The van der Waals surface area contributed by atoms with Gasteiger partial charge < -0.3 is 10.0 Å². The summed E-state index contributed by atoms with van der Waals surface area (Å²) in [6.07, 6.45) is 6.53. The maximum atomic E-state index is 13.0. The van der Waals surface area contributed by atoms with Crippen molar-refractivity contribution in [2.45, 2.75) is 12.5 Å². The van der Waals surface area contributed by atoms with Gasteiger partial charge in [0.1, 0.15) is 6.33 Å². The van der Waals surface area contributed by atoms with Crippen LogP contribution in [0.1, 0.15) is 27.8 Å². The van der Waals surface area contributed by atoms with Crippen molar-refractivity contribution in [3.8, 4) is 5.82 Å². The van der Waals surface area contributed by atoms with Crippen LogP contribution >= 0.6 is 23.2 Å². The number of benzene rings is 1. The van der Waals surface area contributed by atoms with Gasteiger partial charge in [0.15, 0.2) is 11.9 Å². The van der Waals surface area contributed by atoms with Gasteiger partial charge in [-0.25, -0.2) is 14.8 Å². The van der Waals surface area contributed by atoms with Crippen molar-refractivity contribution in [2.75, 3.05) is 6.54 Å². The van der Waals surface area contributed by atoms with E-state index >= 15 is 0 Å². The number of rotatable bonds is 3. The molecule has 0 aliphatic carbocycles. The van der Waals surface area contributed by atoms with Crippen LogP contribution in [0.2, 0.25) is 10.0 Å². The number of nitrogens with zero attached hydrogens (tertiary/aromatic N) is 5. The quantitative estimate of drug-likeness (QED) is 0.702. The molecule has 1 amide bonds. The second-order valence-corrected chi connectivity index (χ2v) is 6.89. The lowest BCUT2D eigenvalue weighted by Crippen LogP contribution is -2.44. The van der Waals surface area contributed by atoms with Crippen molar-refractivity contribution in [3.05, 3.63) is 70.1 Å². The molecule has 1 aliphatic rings. The van der Waals surface area contributed by atoms with Crippen LogP contribution in [0.4, 0.5) is 0 Å². The van der Waals surface area contributed by atoms with Gasteiger partial charge in [-0.15, -0.1) is 0 Å². The molecule has 28 heavy (non-hydrogen) atoms. The number of hydrogen-bond acceptors (Lipinski definition) is 5. The summed E-state index contributed by atoms with van der Waals surface area (Å²) in [4.78, 5) is 38.8. The van der Waals surface area contributed by atoms with Crippen LogP contribution in [0.3, 0.4) is 0 Å². The highest BCUT2D eigenvalue weighted by Gasteiger charge is 2.40. The third kappa shape index (κ3) is 3.00. The number of aromatic nitrogens is 4. The average molecular weight is 418 g/mol. The predicted molar refractivity (Wildman–Crippen MR) is 101 cm³/mol. The number of carbonyl (C=O) groups excluding carboxylic acids is 1. The number of amides is 1. The maximum Gasteiger partial charge on any atom is 0.332 e. The fourth-order valence-electron chi connectivity index (χ4n) is 3.27. The minimum atomic E-state index is -1.25. The number of halogens is 2. The lowest BCUT2D eigenvalue weighted by molar-refractivity contribution is -0.143. The average Bonchev–Trinajstić information content (AvgIpc) is 3.13. The molecule has 3 aromatic rings. The highest BCUT2D eigenvalue weighted by Crippen LogP contribution is 2.33. The highest BCUT2D eigenvalue weighted by atomic mass is 35.5. The van der Waals surface area contributed by atoms with Crippen LogP contribution < -0.4 is 0 Å². The molecule has 0 spiro atoms. The number of aliphatic carboxylic acids is 1. The summed E-state index contributed by atoms with van der Waals surface area (Å²) in [6, 6.07) is 3.43. The zero-order valence-corrected chi connectivity index (χ0v) is 15.8. The first-order valence-corrected chi connectivity index (χ1v) is 9.05. The Hall–Kier alpha value is -2.97. The van der Waals surface area contributed by atoms with Crippen LogP contribution in [0, 0.1) is 0 Å². The van der Waals surface area contributed by atoms with Gasteiger partial charge in [0.2, 0.25) is 0 Å². The molecule has 1 aromatic carbocycles. The fraction of sp³-hybridized carbons (Fsp3) is 0.167. The van der Waals surface area contributed by atoms with Gasteiger partial charge >= 0.3 is 5.97 Å². The number of hydrogen-bond donors (Lipinski definition) is 1. The molecule has 1 aliphatic heterocycles. The number of imidazole rings is 1. The van der Waals surface area contributed by atoms with E-state index in [0.29, 0.717) is 17.9 Å². The van der Waals surface area contributed by atoms with E-state index in [2.05, 4.69) is 15.0 Å². The van der Waals surface area contributed by atoms with E-state index in [0.717, 1.165) is 0 Å². The Labute approximate surface area is 169 Å². The molecule has 0 bridgehead atoms. The smallest absolute Gasteiger partial charge is 0.332 e. The summed E-state index contributed by atoms with van der Waals surface area (Å²) in [5.41, 5.74) is 1.11. The van der Waals surface area contributed by atoms with E-state index in [1.54, 1.807) is 29.1 Å². The van der Waals surface area contributed by atoms with E-state index in [9.17, 15) is 14.7 Å². The summed E-state index contributed by atoms with van der Waals surface area (Å²) in [6.45, 7) is 0.178. The Balaban J connectivity index is 1.75. The van der Waals surface area contributed by atoms with Crippen molar-refractivity contribution in [3.63, 3.8) is 0 Å². The van der Waals surface area contributed by atoms with Crippen LogP contribution in [-0.2, 0) is 11.2 Å². The minimum Gasteiger partial charge on any atom is -0.479 e. The molecule has 142 valence electrons. The molecule has 0 saturated carbocycles. The van der Waals surface area contributed by atoms with Gasteiger partial charge in [-0.05, 0) is 12.1 Å². The molecule has 2 aromatic heterocycles. The zero-order valence-electron chi connectivity index (χ0n) is 14.3. The Morgan fingerprint density at radius 1 is 1.18 bits per heavy atom. The second-order valence-electron chi connectivity index (χ2n) is 6.10. The molecule has 1 N–H and O–H groups in total. The van der Waals surface area contributed by atoms with E-state index in [4.69, 9.17) is 23.2 Å². The van der Waals surface area contributed by atoms with E-state index < -0.39 is 17.9 Å². The van der Waals surface area contributed by atoms with Crippen LogP contribution in [0.5, 0.6) is 0 Å². The van der Waals surface area contributed by atoms with Gasteiger partial charge in [0, 0.05) is 25.4 Å². The first-order chi connectivity index (χ1) is 13.5. The Morgan fingerprint density at radius 2 is 2.00 bits per heavy atom. The van der Waals surface area contributed by atoms with Gasteiger partial charge in [0.25, 0.3) is 5.91 Å². The maximum absolute atomic E-state index is 13.0. The molecule has 0 saturated heterocycles. The van der Waals surface area contributed by atoms with Crippen molar-refractivity contribution in [1.82, 2.24) is 24.4 Å². The third-order valence-electron chi connectivity index (χ3n) is 4.53. The van der Waals surface area contributed by atoms with Gasteiger partial charge in [-0.1, -0.05) is 29.3 Å². The molecule has 3 heterocycles. The Kier molecular flexibility index (Phi) is 4.74. The molecule has 8 nitrogen and oxygen atoms in total. The summed E-state index contributed by atoms with van der Waals surface area (Å²) in [5.74, 6) is -1.17. The standard InChI is InChI=1S/C18H13Cl2N5O3/c19-11-3-1-2-10(14(11)20)17(26)24-7-4-12-15(16(24)18(27)28)23-9-25(12)13-8-21-5-6-22-13/h1-3,5-6,8-9,16H,4,7H2,(H,27,28). The Morgan fingerprint density at radius 3 is 2.71 bits per heavy atom. The lowest BCUT2D eigenvalue weighted by atomic mass is 10.0. The monoisotopic (exact) mass is 417 g/mol. The topological polar surface area (TPSA) is 101 Å². The molecule has 0 fully saturated rings. The van der Waals surface area contributed by atoms with Crippen LogP contribution in [0.25, 0.3) is 5.82 Å². The lowest BCUT2D eigenvalue weighted by Gasteiger charge is -2.33. The van der Waals surface area contributed by atoms with Crippen LogP contribution in [0.15, 0.2) is 43.1 Å². The molecular weight excluding hydrogens is 405 g/mol. The van der Waals surface area contributed by atoms with E-state index in [1.165, 1.54) is 23.5 Å². The SMILES string of the molecule is O=C(O)C1c2ncn(-c3cnccn3)c2CCN1C(=O)c1cccc(Cl)c1Cl. The molecule has 10 heteroatoms. The molecule has 4 rings (SSSR count). The largest absolute Gasteiger partial charge is 0.479 e. The zero-order chi connectivity index (χ0) is 19.8. The van der Waals surface area contributed by atoms with Crippen molar-refractivity contribution in [1.29, 1.82) is 0 Å². The highest BCUT2D eigenvalue weighted by molar-refractivity contribution is 6.43. The van der Waals surface area contributed by atoms with Gasteiger partial charge in [-0.2, -0.15) is 0 Å². The molecule has 1 atom stereocenters. The molecule has 1 unspecified atom stereocenters.